The third-order valence-electron chi connectivity index (χ3n) is 4.94. The van der Waals surface area contributed by atoms with Crippen molar-refractivity contribution in [3.8, 4) is 17.1 Å². The number of ether oxygens (including phenoxy) is 1. The molecule has 1 saturated heterocycles. The number of aryl methyl sites for hydroxylation is 1. The van der Waals surface area contributed by atoms with E-state index in [1.807, 2.05) is 47.4 Å². The molecule has 27 heavy (non-hydrogen) atoms. The van der Waals surface area contributed by atoms with Gasteiger partial charge in [0.1, 0.15) is 18.2 Å². The molecule has 3 aromatic rings. The van der Waals surface area contributed by atoms with Gasteiger partial charge in [0.2, 0.25) is 0 Å². The largest absolute Gasteiger partial charge is 0.490 e. The van der Waals surface area contributed by atoms with Crippen LogP contribution in [0.5, 0.6) is 5.75 Å². The molecule has 6 nitrogen and oxygen atoms in total. The van der Waals surface area contributed by atoms with Gasteiger partial charge in [-0.3, -0.25) is 9.89 Å². The summed E-state index contributed by atoms with van der Waals surface area (Å²) in [6.45, 7) is 3.41. The molecule has 2 heterocycles. The van der Waals surface area contributed by atoms with Crippen molar-refractivity contribution < 1.29 is 9.53 Å². The van der Waals surface area contributed by atoms with E-state index in [0.717, 1.165) is 29.7 Å². The molecular weight excluding hydrogens is 340 g/mol. The number of aromatic amines is 1. The molecule has 1 aromatic heterocycles. The van der Waals surface area contributed by atoms with Crippen LogP contribution in [0.3, 0.4) is 0 Å². The van der Waals surface area contributed by atoms with Crippen LogP contribution in [0.15, 0.2) is 54.9 Å². The van der Waals surface area contributed by atoms with E-state index >= 15 is 0 Å². The average molecular weight is 362 g/mol. The van der Waals surface area contributed by atoms with E-state index in [-0.39, 0.29) is 12.0 Å². The van der Waals surface area contributed by atoms with E-state index in [1.54, 1.807) is 0 Å². The van der Waals surface area contributed by atoms with E-state index in [9.17, 15) is 4.79 Å². The topological polar surface area (TPSA) is 71.1 Å². The Hall–Kier alpha value is -3.15. The smallest absolute Gasteiger partial charge is 0.254 e. The summed E-state index contributed by atoms with van der Waals surface area (Å²) < 4.78 is 6.14. The molecule has 0 radical (unpaired) electrons. The summed E-state index contributed by atoms with van der Waals surface area (Å²) >= 11 is 0. The fourth-order valence-corrected chi connectivity index (χ4v) is 3.43. The quantitative estimate of drug-likeness (QED) is 0.771. The lowest BCUT2D eigenvalue weighted by Gasteiger charge is -2.32. The van der Waals surface area contributed by atoms with Gasteiger partial charge >= 0.3 is 0 Å². The van der Waals surface area contributed by atoms with Crippen molar-refractivity contribution in [2.24, 2.45) is 0 Å². The number of hydrogen-bond acceptors (Lipinski definition) is 4. The van der Waals surface area contributed by atoms with Crippen LogP contribution in [0.25, 0.3) is 11.4 Å². The number of rotatable bonds is 4. The van der Waals surface area contributed by atoms with Crippen LogP contribution in [0.2, 0.25) is 0 Å². The van der Waals surface area contributed by atoms with Gasteiger partial charge in [-0.15, -0.1) is 0 Å². The second kappa shape index (κ2) is 7.61. The van der Waals surface area contributed by atoms with Crippen LogP contribution in [0.1, 0.15) is 28.8 Å². The molecule has 0 aliphatic carbocycles. The van der Waals surface area contributed by atoms with E-state index in [0.29, 0.717) is 24.5 Å². The zero-order valence-electron chi connectivity index (χ0n) is 15.3. The van der Waals surface area contributed by atoms with Crippen molar-refractivity contribution >= 4 is 5.91 Å². The number of likely N-dealkylation sites (tertiary alicyclic amines) is 1. The highest BCUT2D eigenvalue weighted by Crippen LogP contribution is 2.25. The van der Waals surface area contributed by atoms with Crippen molar-refractivity contribution in [3.63, 3.8) is 0 Å². The lowest BCUT2D eigenvalue weighted by Crippen LogP contribution is -2.42. The Morgan fingerprint density at radius 3 is 2.59 bits per heavy atom. The van der Waals surface area contributed by atoms with Crippen molar-refractivity contribution in [2.45, 2.75) is 25.9 Å². The van der Waals surface area contributed by atoms with Gasteiger partial charge in [-0.05, 0) is 24.6 Å². The number of carbonyl (C=O) groups is 1. The molecule has 138 valence electrons. The molecule has 0 unspecified atom stereocenters. The first-order valence-electron chi connectivity index (χ1n) is 9.18. The van der Waals surface area contributed by atoms with Crippen LogP contribution in [-0.2, 0) is 0 Å². The predicted molar refractivity (Wildman–Crippen MR) is 103 cm³/mol. The number of nitrogens with zero attached hydrogens (tertiary/aromatic N) is 3. The Bertz CT molecular complexity index is 915. The summed E-state index contributed by atoms with van der Waals surface area (Å²) in [5, 5.41) is 6.73. The van der Waals surface area contributed by atoms with Crippen LogP contribution in [0.4, 0.5) is 0 Å². The maximum absolute atomic E-state index is 13.1. The van der Waals surface area contributed by atoms with Gasteiger partial charge in [-0.1, -0.05) is 36.4 Å². The van der Waals surface area contributed by atoms with E-state index in [2.05, 4.69) is 28.2 Å². The standard InChI is InChI=1S/C21H22N4O2/c1-15-6-2-5-9-19(15)27-16-10-12-25(13-11-16)21(26)18-8-4-3-7-17(18)20-22-14-23-24-20/h2-9,14,16H,10-13H2,1H3,(H,22,23,24). The third-order valence-corrected chi connectivity index (χ3v) is 4.94. The second-order valence-corrected chi connectivity index (χ2v) is 6.75. The number of hydrogen-bond donors (Lipinski definition) is 1. The molecule has 0 saturated carbocycles. The van der Waals surface area contributed by atoms with Gasteiger partial charge in [0.25, 0.3) is 5.91 Å². The number of para-hydroxylation sites is 1. The summed E-state index contributed by atoms with van der Waals surface area (Å²) in [7, 11) is 0. The van der Waals surface area contributed by atoms with Crippen molar-refractivity contribution in [1.82, 2.24) is 20.1 Å². The zero-order chi connectivity index (χ0) is 18.6. The fraction of sp³-hybridized carbons (Fsp3) is 0.286. The molecule has 0 bridgehead atoms. The molecule has 6 heteroatoms. The maximum Gasteiger partial charge on any atom is 0.254 e. The minimum absolute atomic E-state index is 0.0244. The average Bonchev–Trinajstić information content (AvgIpc) is 3.24. The third kappa shape index (κ3) is 3.69. The minimum atomic E-state index is 0.0244. The van der Waals surface area contributed by atoms with Crippen molar-refractivity contribution in [1.29, 1.82) is 0 Å². The van der Waals surface area contributed by atoms with Gasteiger partial charge < -0.3 is 9.64 Å². The van der Waals surface area contributed by atoms with E-state index < -0.39 is 0 Å². The summed E-state index contributed by atoms with van der Waals surface area (Å²) in [4.78, 5) is 19.1. The lowest BCUT2D eigenvalue weighted by atomic mass is 10.0. The van der Waals surface area contributed by atoms with Crippen LogP contribution >= 0.6 is 0 Å². The number of piperidine rings is 1. The summed E-state index contributed by atoms with van der Waals surface area (Å²) in [5.74, 6) is 1.56. The van der Waals surface area contributed by atoms with Gasteiger partial charge in [0, 0.05) is 31.5 Å². The van der Waals surface area contributed by atoms with E-state index in [1.165, 1.54) is 6.33 Å². The molecule has 4 rings (SSSR count). The monoisotopic (exact) mass is 362 g/mol. The number of H-pyrrole nitrogens is 1. The molecule has 1 amide bonds. The molecule has 1 aliphatic rings. The SMILES string of the molecule is Cc1ccccc1OC1CCN(C(=O)c2ccccc2-c2ncn[nH]2)CC1. The van der Waals surface area contributed by atoms with E-state index in [4.69, 9.17) is 4.74 Å². The zero-order valence-corrected chi connectivity index (χ0v) is 15.3. The number of carbonyl (C=O) groups excluding carboxylic acids is 1. The van der Waals surface area contributed by atoms with Crippen molar-refractivity contribution in [2.75, 3.05) is 13.1 Å². The summed E-state index contributed by atoms with van der Waals surface area (Å²) in [5.41, 5.74) is 2.56. The predicted octanol–water partition coefficient (Wildman–Crippen LogP) is 3.46. The maximum atomic E-state index is 13.1. The first kappa shape index (κ1) is 17.3. The van der Waals surface area contributed by atoms with Crippen LogP contribution < -0.4 is 4.74 Å². The Balaban J connectivity index is 1.43. The number of aromatic nitrogens is 3. The van der Waals surface area contributed by atoms with Gasteiger partial charge in [-0.2, -0.15) is 5.10 Å². The molecule has 1 fully saturated rings. The molecule has 0 spiro atoms. The summed E-state index contributed by atoms with van der Waals surface area (Å²) in [6, 6.07) is 15.6. The molecule has 2 aromatic carbocycles. The first-order chi connectivity index (χ1) is 13.2. The summed E-state index contributed by atoms with van der Waals surface area (Å²) in [6.07, 6.45) is 3.24. The van der Waals surface area contributed by atoms with Gasteiger partial charge in [0.05, 0.1) is 5.56 Å². The second-order valence-electron chi connectivity index (χ2n) is 6.75. The lowest BCUT2D eigenvalue weighted by molar-refractivity contribution is 0.0595. The van der Waals surface area contributed by atoms with Gasteiger partial charge in [-0.25, -0.2) is 4.98 Å². The van der Waals surface area contributed by atoms with Crippen LogP contribution in [0, 0.1) is 6.92 Å². The Morgan fingerprint density at radius 2 is 1.85 bits per heavy atom. The molecule has 1 aliphatic heterocycles. The molecule has 1 N–H and O–H groups in total. The highest BCUT2D eigenvalue weighted by Gasteiger charge is 2.26. The Kier molecular flexibility index (Phi) is 4.87. The molecule has 0 atom stereocenters. The normalized spacial score (nSPS) is 14.9. The number of amides is 1. The highest BCUT2D eigenvalue weighted by molar-refractivity contribution is 6.00. The van der Waals surface area contributed by atoms with Crippen molar-refractivity contribution in [3.05, 3.63) is 66.0 Å². The van der Waals surface area contributed by atoms with Crippen LogP contribution in [-0.4, -0.2) is 45.2 Å². The Morgan fingerprint density at radius 1 is 1.11 bits per heavy atom. The number of nitrogens with one attached hydrogen (secondary N) is 1. The van der Waals surface area contributed by atoms with Gasteiger partial charge in [0.15, 0.2) is 5.82 Å². The molecular formula is C21H22N4O2. The highest BCUT2D eigenvalue weighted by atomic mass is 16.5. The fourth-order valence-electron chi connectivity index (χ4n) is 3.43. The number of benzene rings is 2. The first-order valence-corrected chi connectivity index (χ1v) is 9.18. The Labute approximate surface area is 158 Å². The minimum Gasteiger partial charge on any atom is -0.490 e.